The third-order valence-electron chi connectivity index (χ3n) is 5.59. The molecule has 5 nitrogen and oxygen atoms in total. The number of carbonyl (C=O) groups is 2. The number of piperazine rings is 1. The topological polar surface area (TPSA) is 52.7 Å². The zero-order valence-corrected chi connectivity index (χ0v) is 15.0. The molecule has 0 aromatic carbocycles. The number of hydrogen-bond acceptors (Lipinski definition) is 3. The van der Waals surface area contributed by atoms with Crippen LogP contribution in [0, 0.1) is 5.92 Å². The van der Waals surface area contributed by atoms with E-state index >= 15 is 0 Å². The van der Waals surface area contributed by atoms with Gasteiger partial charge in [-0.3, -0.25) is 9.59 Å². The third kappa shape index (κ3) is 4.69. The normalized spacial score (nSPS) is 26.4. The molecule has 0 aliphatic carbocycles. The third-order valence-corrected chi connectivity index (χ3v) is 5.59. The van der Waals surface area contributed by atoms with E-state index in [4.69, 9.17) is 0 Å². The summed E-state index contributed by atoms with van der Waals surface area (Å²) in [5, 5.41) is 3.38. The van der Waals surface area contributed by atoms with Crippen molar-refractivity contribution in [3.05, 3.63) is 0 Å². The summed E-state index contributed by atoms with van der Waals surface area (Å²) in [6.07, 6.45) is 5.89. The van der Waals surface area contributed by atoms with Crippen LogP contribution in [0.2, 0.25) is 0 Å². The summed E-state index contributed by atoms with van der Waals surface area (Å²) in [4.78, 5) is 28.6. The largest absolute Gasteiger partial charge is 0.336 e. The molecule has 2 saturated heterocycles. The van der Waals surface area contributed by atoms with Crippen LogP contribution < -0.4 is 5.32 Å². The number of rotatable bonds is 5. The smallest absolute Gasteiger partial charge is 0.222 e. The fraction of sp³-hybridized carbons (Fsp3) is 0.889. The molecule has 2 heterocycles. The van der Waals surface area contributed by atoms with E-state index in [0.717, 1.165) is 32.4 Å². The Balaban J connectivity index is 1.93. The van der Waals surface area contributed by atoms with Crippen molar-refractivity contribution in [2.24, 2.45) is 5.92 Å². The van der Waals surface area contributed by atoms with E-state index in [2.05, 4.69) is 24.1 Å². The highest BCUT2D eigenvalue weighted by molar-refractivity contribution is 5.78. The molecule has 0 saturated carbocycles. The summed E-state index contributed by atoms with van der Waals surface area (Å²) in [5.74, 6) is 1.12. The van der Waals surface area contributed by atoms with E-state index in [0.29, 0.717) is 25.4 Å². The average Bonchev–Trinajstić information content (AvgIpc) is 2.59. The molecule has 23 heavy (non-hydrogen) atoms. The predicted octanol–water partition coefficient (Wildman–Crippen LogP) is 2.01. The highest BCUT2D eigenvalue weighted by Gasteiger charge is 2.35. The highest BCUT2D eigenvalue weighted by atomic mass is 16.2. The van der Waals surface area contributed by atoms with Gasteiger partial charge in [0.1, 0.15) is 0 Å². The first-order valence-electron chi connectivity index (χ1n) is 9.34. The van der Waals surface area contributed by atoms with Crippen molar-refractivity contribution in [2.45, 2.75) is 71.4 Å². The second-order valence-electron chi connectivity index (χ2n) is 7.07. The summed E-state index contributed by atoms with van der Waals surface area (Å²) < 4.78 is 0. The lowest BCUT2D eigenvalue weighted by Crippen LogP contribution is -2.60. The molecular weight excluding hydrogens is 290 g/mol. The van der Waals surface area contributed by atoms with Crippen molar-refractivity contribution < 1.29 is 9.59 Å². The summed E-state index contributed by atoms with van der Waals surface area (Å²) >= 11 is 0. The van der Waals surface area contributed by atoms with E-state index in [1.54, 1.807) is 6.92 Å². The highest BCUT2D eigenvalue weighted by Crippen LogP contribution is 2.23. The molecule has 0 aromatic heterocycles. The van der Waals surface area contributed by atoms with E-state index in [1.807, 2.05) is 4.90 Å². The zero-order valence-electron chi connectivity index (χ0n) is 15.0. The molecule has 2 aliphatic heterocycles. The molecule has 1 N–H and O–H groups in total. The maximum Gasteiger partial charge on any atom is 0.222 e. The molecule has 0 aromatic rings. The van der Waals surface area contributed by atoms with Crippen LogP contribution in [-0.4, -0.2) is 59.9 Å². The maximum atomic E-state index is 12.8. The van der Waals surface area contributed by atoms with E-state index in [9.17, 15) is 9.59 Å². The second kappa shape index (κ2) is 8.67. The molecule has 2 fully saturated rings. The Morgan fingerprint density at radius 3 is 2.13 bits per heavy atom. The lowest BCUT2D eigenvalue weighted by atomic mass is 9.92. The van der Waals surface area contributed by atoms with Crippen molar-refractivity contribution in [1.29, 1.82) is 0 Å². The zero-order chi connectivity index (χ0) is 16.8. The average molecular weight is 323 g/mol. The van der Waals surface area contributed by atoms with Crippen LogP contribution in [0.3, 0.4) is 0 Å². The van der Waals surface area contributed by atoms with Crippen molar-refractivity contribution in [3.63, 3.8) is 0 Å². The molecule has 0 bridgehead atoms. The summed E-state index contributed by atoms with van der Waals surface area (Å²) in [6, 6.07) is 0.361. The number of nitrogens with one attached hydrogen (secondary N) is 1. The van der Waals surface area contributed by atoms with Gasteiger partial charge in [0, 0.05) is 38.5 Å². The Morgan fingerprint density at radius 2 is 1.57 bits per heavy atom. The fourth-order valence-corrected chi connectivity index (χ4v) is 3.98. The Hall–Kier alpha value is -1.10. The Bertz CT molecular complexity index is 407. The first-order valence-corrected chi connectivity index (χ1v) is 9.34. The van der Waals surface area contributed by atoms with E-state index in [-0.39, 0.29) is 23.9 Å². The van der Waals surface area contributed by atoms with Crippen molar-refractivity contribution >= 4 is 11.8 Å². The van der Waals surface area contributed by atoms with Gasteiger partial charge in [0.15, 0.2) is 0 Å². The lowest BCUT2D eigenvalue weighted by molar-refractivity contribution is -0.146. The molecule has 5 heteroatoms. The minimum absolute atomic E-state index is 0.136. The van der Waals surface area contributed by atoms with Crippen LogP contribution in [-0.2, 0) is 9.59 Å². The van der Waals surface area contributed by atoms with Crippen molar-refractivity contribution in [1.82, 2.24) is 15.1 Å². The van der Waals surface area contributed by atoms with Gasteiger partial charge in [0.25, 0.3) is 0 Å². The fourth-order valence-electron chi connectivity index (χ4n) is 3.98. The number of carbonyl (C=O) groups excluding carboxylic acids is 2. The van der Waals surface area contributed by atoms with Crippen LogP contribution in [0.15, 0.2) is 0 Å². The summed E-state index contributed by atoms with van der Waals surface area (Å²) in [6.45, 7) is 9.44. The Labute approximate surface area is 140 Å². The molecule has 2 aliphatic rings. The van der Waals surface area contributed by atoms with Gasteiger partial charge in [-0.2, -0.15) is 0 Å². The lowest BCUT2D eigenvalue weighted by Gasteiger charge is -2.46. The van der Waals surface area contributed by atoms with Gasteiger partial charge in [0.05, 0.1) is 0 Å². The molecular formula is C18H33N3O2. The summed E-state index contributed by atoms with van der Waals surface area (Å²) in [7, 11) is 0. The van der Waals surface area contributed by atoms with Crippen LogP contribution in [0.5, 0.6) is 0 Å². The van der Waals surface area contributed by atoms with Gasteiger partial charge < -0.3 is 15.1 Å². The van der Waals surface area contributed by atoms with Gasteiger partial charge in [-0.15, -0.1) is 0 Å². The van der Waals surface area contributed by atoms with Crippen LogP contribution in [0.25, 0.3) is 0 Å². The predicted molar refractivity (Wildman–Crippen MR) is 92.1 cm³/mol. The number of amides is 2. The van der Waals surface area contributed by atoms with Crippen LogP contribution in [0.1, 0.15) is 59.3 Å². The quantitative estimate of drug-likeness (QED) is 0.842. The molecule has 2 atom stereocenters. The first-order chi connectivity index (χ1) is 11.1. The van der Waals surface area contributed by atoms with Gasteiger partial charge in [-0.1, -0.05) is 13.8 Å². The van der Waals surface area contributed by atoms with Gasteiger partial charge in [0.2, 0.25) is 11.8 Å². The minimum atomic E-state index is 0.136. The maximum absolute atomic E-state index is 12.8. The van der Waals surface area contributed by atoms with E-state index < -0.39 is 0 Å². The number of piperidine rings is 1. The van der Waals surface area contributed by atoms with Gasteiger partial charge in [-0.05, 0) is 51.1 Å². The van der Waals surface area contributed by atoms with E-state index in [1.165, 1.54) is 12.8 Å². The standard InChI is InChI=1S/C18H33N3O2/c1-4-16-13-21(17(5-2)12-20(16)14(3)22)18(23)7-6-15-8-10-19-11-9-15/h15-17,19H,4-13H2,1-3H3. The van der Waals surface area contributed by atoms with Gasteiger partial charge >= 0.3 is 0 Å². The van der Waals surface area contributed by atoms with Crippen LogP contribution >= 0.6 is 0 Å². The molecule has 2 unspecified atom stereocenters. The SMILES string of the molecule is CCC1CN(C(=O)CCC2CCNCC2)C(CC)CN1C(C)=O. The van der Waals surface area contributed by atoms with Gasteiger partial charge in [-0.25, -0.2) is 0 Å². The van der Waals surface area contributed by atoms with Crippen molar-refractivity contribution in [2.75, 3.05) is 26.2 Å². The second-order valence-corrected chi connectivity index (χ2v) is 7.07. The molecule has 0 radical (unpaired) electrons. The molecule has 132 valence electrons. The first kappa shape index (κ1) is 18.2. The minimum Gasteiger partial charge on any atom is -0.336 e. The Kier molecular flexibility index (Phi) is 6.88. The molecule has 0 spiro atoms. The molecule has 2 amide bonds. The monoisotopic (exact) mass is 323 g/mol. The Morgan fingerprint density at radius 1 is 1.00 bits per heavy atom. The summed E-state index contributed by atoms with van der Waals surface area (Å²) in [5.41, 5.74) is 0. The number of nitrogens with zero attached hydrogens (tertiary/aromatic N) is 2. The van der Waals surface area contributed by atoms with Crippen molar-refractivity contribution in [3.8, 4) is 0 Å². The number of hydrogen-bond donors (Lipinski definition) is 1. The molecule has 2 rings (SSSR count). The van der Waals surface area contributed by atoms with Crippen LogP contribution in [0.4, 0.5) is 0 Å².